The van der Waals surface area contributed by atoms with Gasteiger partial charge in [-0.25, -0.2) is 9.37 Å². The van der Waals surface area contributed by atoms with Crippen molar-refractivity contribution in [1.82, 2.24) is 9.97 Å². The minimum Gasteiger partial charge on any atom is -0.326 e. The molecule has 0 bridgehead atoms. The average Bonchev–Trinajstić information content (AvgIpc) is 2.67. The molecule has 0 aliphatic carbocycles. The number of H-pyrrole nitrogens is 1. The topological polar surface area (TPSA) is 74.8 Å². The van der Waals surface area contributed by atoms with E-state index in [-0.39, 0.29) is 23.7 Å². The number of amides is 1. The van der Waals surface area contributed by atoms with Gasteiger partial charge in [-0.2, -0.15) is 0 Å². The van der Waals surface area contributed by atoms with Gasteiger partial charge in [0.2, 0.25) is 5.91 Å². The lowest BCUT2D eigenvalue weighted by atomic mass is 10.1. The van der Waals surface area contributed by atoms with Crippen LogP contribution in [0.3, 0.4) is 0 Å². The summed E-state index contributed by atoms with van der Waals surface area (Å²) in [6.07, 6.45) is -0.0516. The molecule has 0 saturated carbocycles. The van der Waals surface area contributed by atoms with Crippen LogP contribution in [0.25, 0.3) is 0 Å². The highest BCUT2D eigenvalue weighted by molar-refractivity contribution is 7.98. The highest BCUT2D eigenvalue weighted by atomic mass is 32.2. The molecule has 0 spiro atoms. The molecule has 1 amide bonds. The largest absolute Gasteiger partial charge is 0.326 e. The lowest BCUT2D eigenvalue weighted by Gasteiger charge is -2.09. The molecule has 7 heteroatoms. The van der Waals surface area contributed by atoms with Crippen molar-refractivity contribution in [2.75, 3.05) is 5.32 Å². The van der Waals surface area contributed by atoms with E-state index in [1.54, 1.807) is 19.1 Å². The van der Waals surface area contributed by atoms with Crippen LogP contribution in [-0.4, -0.2) is 15.9 Å². The minimum absolute atomic E-state index is 0.0516. The molecule has 29 heavy (non-hydrogen) atoms. The third-order valence-electron chi connectivity index (χ3n) is 4.62. The van der Waals surface area contributed by atoms with Crippen molar-refractivity contribution in [3.8, 4) is 0 Å². The Labute approximate surface area is 172 Å². The second-order valence-electron chi connectivity index (χ2n) is 6.87. The first kappa shape index (κ1) is 20.8. The quantitative estimate of drug-likeness (QED) is 0.468. The Bertz CT molecular complexity index is 1090. The number of carbonyl (C=O) groups excluding carboxylic acids is 1. The summed E-state index contributed by atoms with van der Waals surface area (Å²) in [7, 11) is 0. The maximum atomic E-state index is 13.0. The number of carbonyl (C=O) groups is 1. The molecule has 2 aromatic carbocycles. The van der Waals surface area contributed by atoms with Crippen LogP contribution in [0.15, 0.2) is 52.4 Å². The number of halogens is 1. The van der Waals surface area contributed by atoms with Crippen LogP contribution in [0.2, 0.25) is 0 Å². The number of thioether (sulfide) groups is 1. The van der Waals surface area contributed by atoms with Gasteiger partial charge in [0.05, 0.1) is 6.42 Å². The van der Waals surface area contributed by atoms with Gasteiger partial charge in [-0.3, -0.25) is 9.59 Å². The standard InChI is InChI=1S/C22H22FN3O2S/c1-13-4-9-18(10-14(13)2)25-20(27)11-19-15(3)24-22(26-21(19)28)29-12-16-5-7-17(23)8-6-16/h4-10H,11-12H2,1-3H3,(H,25,27)(H,24,26,28). The molecule has 3 rings (SSSR count). The molecule has 2 N–H and O–H groups in total. The maximum absolute atomic E-state index is 13.0. The van der Waals surface area contributed by atoms with E-state index < -0.39 is 0 Å². The molecule has 3 aromatic rings. The fourth-order valence-corrected chi connectivity index (χ4v) is 3.64. The van der Waals surface area contributed by atoms with Crippen molar-refractivity contribution < 1.29 is 9.18 Å². The van der Waals surface area contributed by atoms with E-state index in [0.29, 0.717) is 27.9 Å². The summed E-state index contributed by atoms with van der Waals surface area (Å²) in [6.45, 7) is 5.70. The van der Waals surface area contributed by atoms with Crippen LogP contribution in [0, 0.1) is 26.6 Å². The SMILES string of the molecule is Cc1ccc(NC(=O)Cc2c(C)nc(SCc3ccc(F)cc3)[nH]c2=O)cc1C. The summed E-state index contributed by atoms with van der Waals surface area (Å²) in [4.78, 5) is 32.0. The molecule has 150 valence electrons. The number of benzene rings is 2. The van der Waals surface area contributed by atoms with Crippen LogP contribution in [0.1, 0.15) is 27.9 Å². The number of nitrogens with zero attached hydrogens (tertiary/aromatic N) is 1. The summed E-state index contributed by atoms with van der Waals surface area (Å²) in [6, 6.07) is 11.9. The Morgan fingerprint density at radius 2 is 1.83 bits per heavy atom. The third-order valence-corrected chi connectivity index (χ3v) is 5.56. The maximum Gasteiger partial charge on any atom is 0.255 e. The Morgan fingerprint density at radius 1 is 1.10 bits per heavy atom. The number of hydrogen-bond acceptors (Lipinski definition) is 4. The number of rotatable bonds is 6. The van der Waals surface area contributed by atoms with E-state index in [2.05, 4.69) is 15.3 Å². The zero-order valence-electron chi connectivity index (χ0n) is 16.5. The zero-order chi connectivity index (χ0) is 21.0. The molecular weight excluding hydrogens is 389 g/mol. The first-order valence-corrected chi connectivity index (χ1v) is 10.1. The predicted octanol–water partition coefficient (Wildman–Crippen LogP) is 4.31. The van der Waals surface area contributed by atoms with Gasteiger partial charge in [0.1, 0.15) is 5.82 Å². The number of aromatic amines is 1. The molecule has 1 aromatic heterocycles. The second-order valence-corrected chi connectivity index (χ2v) is 7.84. The van der Waals surface area contributed by atoms with Gasteiger partial charge >= 0.3 is 0 Å². The van der Waals surface area contributed by atoms with Gasteiger partial charge in [0.25, 0.3) is 5.56 Å². The molecule has 0 atom stereocenters. The summed E-state index contributed by atoms with van der Waals surface area (Å²) in [5.74, 6) is -0.00477. The number of aromatic nitrogens is 2. The Balaban J connectivity index is 1.66. The Kier molecular flexibility index (Phi) is 6.49. The van der Waals surface area contributed by atoms with Gasteiger partial charge in [-0.15, -0.1) is 0 Å². The second kappa shape index (κ2) is 9.05. The van der Waals surface area contributed by atoms with Crippen LogP contribution < -0.4 is 10.9 Å². The first-order chi connectivity index (χ1) is 13.8. The van der Waals surface area contributed by atoms with E-state index in [0.717, 1.165) is 16.7 Å². The smallest absolute Gasteiger partial charge is 0.255 e. The monoisotopic (exact) mass is 411 g/mol. The molecule has 5 nitrogen and oxygen atoms in total. The predicted molar refractivity (Wildman–Crippen MR) is 114 cm³/mol. The third kappa shape index (κ3) is 5.54. The number of aryl methyl sites for hydroxylation is 3. The summed E-state index contributed by atoms with van der Waals surface area (Å²) in [5.41, 5.74) is 4.40. The van der Waals surface area contributed by atoms with Crippen LogP contribution in [0.4, 0.5) is 10.1 Å². The van der Waals surface area contributed by atoms with E-state index in [1.165, 1.54) is 23.9 Å². The molecule has 0 fully saturated rings. The first-order valence-electron chi connectivity index (χ1n) is 9.16. The lowest BCUT2D eigenvalue weighted by molar-refractivity contribution is -0.115. The Morgan fingerprint density at radius 3 is 2.48 bits per heavy atom. The summed E-state index contributed by atoms with van der Waals surface area (Å²) in [5, 5.41) is 3.29. The van der Waals surface area contributed by atoms with Gasteiger partial charge < -0.3 is 10.3 Å². The van der Waals surface area contributed by atoms with Crippen molar-refractivity contribution >= 4 is 23.4 Å². The molecule has 0 saturated heterocycles. The highest BCUT2D eigenvalue weighted by Crippen LogP contribution is 2.19. The average molecular weight is 412 g/mol. The number of anilines is 1. The van der Waals surface area contributed by atoms with Crippen molar-refractivity contribution in [3.63, 3.8) is 0 Å². The van der Waals surface area contributed by atoms with E-state index in [1.807, 2.05) is 32.0 Å². The molecular formula is C22H22FN3O2S. The van der Waals surface area contributed by atoms with Crippen LogP contribution in [0.5, 0.6) is 0 Å². The van der Waals surface area contributed by atoms with Crippen molar-refractivity contribution in [3.05, 3.63) is 86.6 Å². The van der Waals surface area contributed by atoms with E-state index in [9.17, 15) is 14.0 Å². The molecule has 0 aliphatic rings. The summed E-state index contributed by atoms with van der Waals surface area (Å²) < 4.78 is 13.0. The molecule has 0 aliphatic heterocycles. The number of hydrogen-bond donors (Lipinski definition) is 2. The van der Waals surface area contributed by atoms with Crippen LogP contribution >= 0.6 is 11.8 Å². The van der Waals surface area contributed by atoms with Gasteiger partial charge in [-0.05, 0) is 61.7 Å². The molecule has 0 radical (unpaired) electrons. The summed E-state index contributed by atoms with van der Waals surface area (Å²) >= 11 is 1.35. The van der Waals surface area contributed by atoms with Gasteiger partial charge in [0.15, 0.2) is 5.16 Å². The fraction of sp³-hybridized carbons (Fsp3) is 0.227. The van der Waals surface area contributed by atoms with Crippen LogP contribution in [-0.2, 0) is 17.0 Å². The molecule has 1 heterocycles. The van der Waals surface area contributed by atoms with Crippen molar-refractivity contribution in [1.29, 1.82) is 0 Å². The van der Waals surface area contributed by atoms with Crippen molar-refractivity contribution in [2.45, 2.75) is 38.1 Å². The number of nitrogens with one attached hydrogen (secondary N) is 2. The van der Waals surface area contributed by atoms with E-state index >= 15 is 0 Å². The minimum atomic E-state index is -0.325. The van der Waals surface area contributed by atoms with E-state index in [4.69, 9.17) is 0 Å². The molecule has 0 unspecified atom stereocenters. The fourth-order valence-electron chi connectivity index (χ4n) is 2.78. The van der Waals surface area contributed by atoms with Crippen molar-refractivity contribution in [2.24, 2.45) is 0 Å². The Hall–Kier alpha value is -2.93. The van der Waals surface area contributed by atoms with Gasteiger partial charge in [-0.1, -0.05) is 30.0 Å². The normalized spacial score (nSPS) is 10.8. The highest BCUT2D eigenvalue weighted by Gasteiger charge is 2.13. The lowest BCUT2D eigenvalue weighted by Crippen LogP contribution is -2.23. The van der Waals surface area contributed by atoms with Gasteiger partial charge in [0, 0.05) is 22.7 Å². The zero-order valence-corrected chi connectivity index (χ0v) is 17.3.